The molecule has 0 saturated carbocycles. The molecule has 2 aromatic carbocycles. The summed E-state index contributed by atoms with van der Waals surface area (Å²) in [5.41, 5.74) is 2.65. The van der Waals surface area contributed by atoms with E-state index in [1.807, 2.05) is 18.2 Å². The van der Waals surface area contributed by atoms with Gasteiger partial charge in [-0.15, -0.1) is 0 Å². The van der Waals surface area contributed by atoms with Crippen molar-refractivity contribution in [2.24, 2.45) is 5.10 Å². The number of anilines is 2. The normalized spacial score (nSPS) is 17.2. The van der Waals surface area contributed by atoms with E-state index in [1.165, 1.54) is 5.01 Å². The van der Waals surface area contributed by atoms with E-state index in [0.29, 0.717) is 39.4 Å². The Morgan fingerprint density at radius 2 is 2.03 bits per heavy atom. The Morgan fingerprint density at radius 3 is 2.79 bits per heavy atom. The number of halogens is 2. The molecule has 3 aromatic rings. The topological polar surface area (TPSA) is 96.2 Å². The summed E-state index contributed by atoms with van der Waals surface area (Å²) in [5.74, 6) is 0.615. The van der Waals surface area contributed by atoms with Crippen molar-refractivity contribution in [3.8, 4) is 5.75 Å². The van der Waals surface area contributed by atoms with Crippen molar-refractivity contribution in [2.75, 3.05) is 23.8 Å². The van der Waals surface area contributed by atoms with E-state index in [2.05, 4.69) is 15.7 Å². The highest BCUT2D eigenvalue weighted by molar-refractivity contribution is 6.33. The predicted octanol–water partition coefficient (Wildman–Crippen LogP) is 4.71. The van der Waals surface area contributed by atoms with Crippen LogP contribution in [0.5, 0.6) is 5.75 Å². The van der Waals surface area contributed by atoms with E-state index in [9.17, 15) is 9.59 Å². The first-order chi connectivity index (χ1) is 16.0. The highest BCUT2D eigenvalue weighted by Gasteiger charge is 2.34. The summed E-state index contributed by atoms with van der Waals surface area (Å²) in [6.45, 7) is -0.132. The van der Waals surface area contributed by atoms with Crippen LogP contribution >= 0.6 is 23.2 Å². The minimum atomic E-state index is -0.363. The fourth-order valence-corrected chi connectivity index (χ4v) is 4.10. The van der Waals surface area contributed by atoms with Crippen molar-refractivity contribution < 1.29 is 18.7 Å². The third-order valence-electron chi connectivity index (χ3n) is 5.35. The van der Waals surface area contributed by atoms with Crippen LogP contribution in [0.2, 0.25) is 10.0 Å². The SMILES string of the molecule is O=C1COc2cc(NCC(=O)N3N=C(c4ccc(Cl)cc4)CC3c3ccco3)c(Cl)cc2N1. The zero-order valence-electron chi connectivity index (χ0n) is 17.2. The number of carbonyl (C=O) groups excluding carboxylic acids is 2. The molecule has 168 valence electrons. The van der Waals surface area contributed by atoms with E-state index in [0.717, 1.165) is 11.3 Å². The Hall–Kier alpha value is -3.49. The van der Waals surface area contributed by atoms with E-state index in [-0.39, 0.29) is 31.0 Å². The molecule has 5 rings (SSSR count). The molecular formula is C23H18Cl2N4O4. The smallest absolute Gasteiger partial charge is 0.262 e. The van der Waals surface area contributed by atoms with Crippen LogP contribution in [0.25, 0.3) is 0 Å². The lowest BCUT2D eigenvalue weighted by Gasteiger charge is -2.22. The summed E-state index contributed by atoms with van der Waals surface area (Å²) in [6, 6.07) is 13.8. The molecule has 0 bridgehead atoms. The van der Waals surface area contributed by atoms with Gasteiger partial charge in [0.1, 0.15) is 17.6 Å². The fraction of sp³-hybridized carbons (Fsp3) is 0.174. The molecule has 0 spiro atoms. The molecular weight excluding hydrogens is 467 g/mol. The number of nitrogens with one attached hydrogen (secondary N) is 2. The van der Waals surface area contributed by atoms with Gasteiger partial charge in [-0.05, 0) is 35.9 Å². The van der Waals surface area contributed by atoms with E-state index in [1.54, 1.807) is 36.6 Å². The number of hydrazone groups is 1. The molecule has 1 atom stereocenters. The number of amides is 2. The largest absolute Gasteiger partial charge is 0.482 e. The molecule has 0 saturated heterocycles. The minimum absolute atomic E-state index is 0.0561. The second kappa shape index (κ2) is 8.80. The van der Waals surface area contributed by atoms with Crippen LogP contribution in [0, 0.1) is 0 Å². The van der Waals surface area contributed by atoms with Crippen LogP contribution in [0.1, 0.15) is 23.8 Å². The second-order valence-electron chi connectivity index (χ2n) is 7.55. The summed E-state index contributed by atoms with van der Waals surface area (Å²) in [7, 11) is 0. The number of hydrogen-bond acceptors (Lipinski definition) is 6. The predicted molar refractivity (Wildman–Crippen MR) is 125 cm³/mol. The van der Waals surface area contributed by atoms with Gasteiger partial charge >= 0.3 is 0 Å². The van der Waals surface area contributed by atoms with Gasteiger partial charge in [0, 0.05) is 17.5 Å². The number of hydrogen-bond donors (Lipinski definition) is 2. The van der Waals surface area contributed by atoms with E-state index < -0.39 is 0 Å². The standard InChI is InChI=1S/C23H18Cl2N4O4/c24-14-5-3-13(4-6-14)16-9-19(20-2-1-7-32-20)29(28-16)23(31)11-26-17-10-21-18(8-15(17)25)27-22(30)12-33-21/h1-8,10,19,26H,9,11-12H2,(H,27,30). The number of nitrogens with zero attached hydrogens (tertiary/aromatic N) is 2. The number of carbonyl (C=O) groups is 2. The van der Waals surface area contributed by atoms with Gasteiger partial charge in [-0.25, -0.2) is 5.01 Å². The van der Waals surface area contributed by atoms with Gasteiger partial charge in [0.15, 0.2) is 6.61 Å². The first-order valence-corrected chi connectivity index (χ1v) is 10.9. The maximum atomic E-state index is 13.2. The molecule has 0 aliphatic carbocycles. The lowest BCUT2D eigenvalue weighted by Crippen LogP contribution is -2.32. The van der Waals surface area contributed by atoms with Crippen molar-refractivity contribution in [3.63, 3.8) is 0 Å². The Bertz CT molecular complexity index is 1240. The first-order valence-electron chi connectivity index (χ1n) is 10.2. The zero-order chi connectivity index (χ0) is 22.9. The van der Waals surface area contributed by atoms with Crippen LogP contribution in [-0.4, -0.2) is 35.7 Å². The van der Waals surface area contributed by atoms with E-state index in [4.69, 9.17) is 32.4 Å². The molecule has 0 fully saturated rings. The Labute approximate surface area is 199 Å². The average molecular weight is 485 g/mol. The number of fused-ring (bicyclic) bond motifs is 1. The van der Waals surface area contributed by atoms with Crippen LogP contribution in [0.4, 0.5) is 11.4 Å². The second-order valence-corrected chi connectivity index (χ2v) is 8.39. The number of ether oxygens (including phenoxy) is 1. The monoisotopic (exact) mass is 484 g/mol. The Morgan fingerprint density at radius 1 is 1.21 bits per heavy atom. The maximum Gasteiger partial charge on any atom is 0.262 e. The molecule has 0 radical (unpaired) electrons. The van der Waals surface area contributed by atoms with Gasteiger partial charge in [0.25, 0.3) is 11.8 Å². The molecule has 33 heavy (non-hydrogen) atoms. The van der Waals surface area contributed by atoms with Crippen molar-refractivity contribution in [3.05, 3.63) is 76.2 Å². The number of furan rings is 1. The van der Waals surface area contributed by atoms with E-state index >= 15 is 0 Å². The van der Waals surface area contributed by atoms with Gasteiger partial charge in [-0.2, -0.15) is 5.10 Å². The fourth-order valence-electron chi connectivity index (χ4n) is 3.75. The van der Waals surface area contributed by atoms with Crippen molar-refractivity contribution in [1.29, 1.82) is 0 Å². The van der Waals surface area contributed by atoms with Gasteiger partial charge in [-0.3, -0.25) is 9.59 Å². The van der Waals surface area contributed by atoms with Crippen molar-refractivity contribution in [2.45, 2.75) is 12.5 Å². The first kappa shape index (κ1) is 21.4. The molecule has 2 aliphatic rings. The lowest BCUT2D eigenvalue weighted by molar-refractivity contribution is -0.131. The van der Waals surface area contributed by atoms with Crippen molar-refractivity contribution >= 4 is 52.1 Å². The minimum Gasteiger partial charge on any atom is -0.482 e. The zero-order valence-corrected chi connectivity index (χ0v) is 18.7. The molecule has 8 nitrogen and oxygen atoms in total. The Kier molecular flexibility index (Phi) is 5.70. The van der Waals surface area contributed by atoms with Crippen LogP contribution in [0.15, 0.2) is 64.3 Å². The van der Waals surface area contributed by atoms with Crippen LogP contribution in [0.3, 0.4) is 0 Å². The molecule has 1 unspecified atom stereocenters. The third-order valence-corrected chi connectivity index (χ3v) is 5.91. The van der Waals surface area contributed by atoms with Gasteiger partial charge in [-0.1, -0.05) is 35.3 Å². The molecule has 2 amide bonds. The summed E-state index contributed by atoms with van der Waals surface area (Å²) in [5, 5.41) is 12.7. The van der Waals surface area contributed by atoms with Crippen molar-refractivity contribution in [1.82, 2.24) is 5.01 Å². The average Bonchev–Trinajstić information content (AvgIpc) is 3.48. The summed E-state index contributed by atoms with van der Waals surface area (Å²) in [4.78, 5) is 24.6. The number of rotatable bonds is 5. The quantitative estimate of drug-likeness (QED) is 0.546. The van der Waals surface area contributed by atoms with Gasteiger partial charge < -0.3 is 19.8 Å². The third kappa shape index (κ3) is 4.40. The lowest BCUT2D eigenvalue weighted by atomic mass is 10.0. The summed E-state index contributed by atoms with van der Waals surface area (Å²) < 4.78 is 11.0. The highest BCUT2D eigenvalue weighted by Crippen LogP contribution is 2.37. The molecule has 10 heteroatoms. The summed E-state index contributed by atoms with van der Waals surface area (Å²) in [6.07, 6.45) is 2.08. The van der Waals surface area contributed by atoms with Gasteiger partial charge in [0.05, 0.1) is 34.9 Å². The summed E-state index contributed by atoms with van der Waals surface area (Å²) >= 11 is 12.3. The maximum absolute atomic E-state index is 13.2. The van der Waals surface area contributed by atoms with Gasteiger partial charge in [0.2, 0.25) is 0 Å². The molecule has 1 aromatic heterocycles. The number of benzene rings is 2. The molecule has 2 N–H and O–H groups in total. The molecule has 2 aliphatic heterocycles. The highest BCUT2D eigenvalue weighted by atomic mass is 35.5. The van der Waals surface area contributed by atoms with Crippen LogP contribution < -0.4 is 15.4 Å². The van der Waals surface area contributed by atoms with Crippen LogP contribution in [-0.2, 0) is 9.59 Å². The molecule has 3 heterocycles. The Balaban J connectivity index is 1.35.